The quantitative estimate of drug-likeness (QED) is 0.228. The molecule has 0 spiro atoms. The van der Waals surface area contributed by atoms with Crippen molar-refractivity contribution in [1.82, 2.24) is 9.13 Å². The molecule has 1 unspecified atom stereocenters. The molecule has 0 radical (unpaired) electrons. The van der Waals surface area contributed by atoms with Gasteiger partial charge in [0.15, 0.2) is 0 Å². The Bertz CT molecular complexity index is 2010. The van der Waals surface area contributed by atoms with Crippen molar-refractivity contribution in [3.8, 4) is 0 Å². The first-order chi connectivity index (χ1) is 19.3. The van der Waals surface area contributed by atoms with Crippen LogP contribution in [0.3, 0.4) is 0 Å². The Morgan fingerprint density at radius 2 is 0.949 bits per heavy atom. The third-order valence-corrected chi connectivity index (χ3v) is 8.41. The first kappa shape index (κ1) is 22.2. The number of allylic oxidation sites excluding steroid dienone is 4. The first-order valence-electron chi connectivity index (χ1n) is 13.7. The largest absolute Gasteiger partial charge is 0.313 e. The fourth-order valence-corrected chi connectivity index (χ4v) is 6.70. The van der Waals surface area contributed by atoms with E-state index in [0.29, 0.717) is 0 Å². The molecule has 1 aliphatic carbocycles. The van der Waals surface area contributed by atoms with Crippen molar-refractivity contribution >= 4 is 55.0 Å². The molecule has 186 valence electrons. The second kappa shape index (κ2) is 8.61. The zero-order valence-electron chi connectivity index (χ0n) is 21.9. The summed E-state index contributed by atoms with van der Waals surface area (Å²) in [5.41, 5.74) is 10.3. The molecule has 0 bridgehead atoms. The molecule has 2 aromatic heterocycles. The zero-order chi connectivity index (χ0) is 25.9. The van der Waals surface area contributed by atoms with Crippen LogP contribution < -0.4 is 0 Å². The third-order valence-electron chi connectivity index (χ3n) is 8.41. The van der Waals surface area contributed by atoms with E-state index >= 15 is 0 Å². The first-order valence-corrected chi connectivity index (χ1v) is 13.7. The maximum absolute atomic E-state index is 2.50. The lowest BCUT2D eigenvalue weighted by molar-refractivity contribution is 0.826. The van der Waals surface area contributed by atoms with Gasteiger partial charge in [-0.2, -0.15) is 0 Å². The summed E-state index contributed by atoms with van der Waals surface area (Å²) in [4.78, 5) is 0. The highest BCUT2D eigenvalue weighted by atomic mass is 15.0. The highest BCUT2D eigenvalue weighted by Gasteiger charge is 2.24. The normalized spacial score (nSPS) is 15.8. The standard InChI is InChI=1S/C37H28N2/c1-25-12-2-3-13-29(25)26-22-27(38-34-18-8-4-14-30(34)31-15-5-9-19-35(31)38)24-28(23-26)39-36-20-10-6-16-32(36)33-17-7-11-21-37(33)39/h2-22,24,26H,23H2,1H3. The lowest BCUT2D eigenvalue weighted by Gasteiger charge is -2.26. The Morgan fingerprint density at radius 1 is 0.513 bits per heavy atom. The van der Waals surface area contributed by atoms with E-state index in [-0.39, 0.29) is 5.92 Å². The van der Waals surface area contributed by atoms with E-state index in [1.165, 1.54) is 66.1 Å². The van der Waals surface area contributed by atoms with Crippen LogP contribution in [0.1, 0.15) is 23.5 Å². The Labute approximate surface area is 227 Å². The van der Waals surface area contributed by atoms with E-state index in [1.807, 2.05) is 0 Å². The van der Waals surface area contributed by atoms with Gasteiger partial charge in [-0.15, -0.1) is 0 Å². The number of fused-ring (bicyclic) bond motifs is 6. The summed E-state index contributed by atoms with van der Waals surface area (Å²) in [6.07, 6.45) is 5.85. The predicted octanol–water partition coefficient (Wildman–Crippen LogP) is 9.78. The van der Waals surface area contributed by atoms with Crippen molar-refractivity contribution in [2.45, 2.75) is 19.3 Å². The number of para-hydroxylation sites is 4. The fraction of sp³-hybridized carbons (Fsp3) is 0.0811. The molecule has 8 rings (SSSR count). The molecule has 2 heterocycles. The highest BCUT2D eigenvalue weighted by Crippen LogP contribution is 2.42. The van der Waals surface area contributed by atoms with Crippen LogP contribution in [-0.4, -0.2) is 9.13 Å². The van der Waals surface area contributed by atoms with Crippen LogP contribution in [0.15, 0.2) is 133 Å². The van der Waals surface area contributed by atoms with Crippen molar-refractivity contribution in [3.63, 3.8) is 0 Å². The Morgan fingerprint density at radius 3 is 1.46 bits per heavy atom. The summed E-state index contributed by atoms with van der Waals surface area (Å²) in [5.74, 6) is 0.265. The average Bonchev–Trinajstić information content (AvgIpc) is 3.50. The van der Waals surface area contributed by atoms with E-state index in [2.05, 4.69) is 150 Å². The molecule has 1 aliphatic rings. The molecular weight excluding hydrogens is 472 g/mol. The van der Waals surface area contributed by atoms with Gasteiger partial charge in [-0.25, -0.2) is 0 Å². The van der Waals surface area contributed by atoms with Crippen molar-refractivity contribution in [3.05, 3.63) is 145 Å². The monoisotopic (exact) mass is 500 g/mol. The number of aromatic nitrogens is 2. The molecule has 0 amide bonds. The lowest BCUT2D eigenvalue weighted by Crippen LogP contribution is -2.11. The van der Waals surface area contributed by atoms with Crippen LogP contribution >= 0.6 is 0 Å². The summed E-state index contributed by atoms with van der Waals surface area (Å²) in [5, 5.41) is 5.18. The second-order valence-corrected chi connectivity index (χ2v) is 10.6. The van der Waals surface area contributed by atoms with Gasteiger partial charge in [0.25, 0.3) is 0 Å². The average molecular weight is 501 g/mol. The molecular formula is C37H28N2. The molecule has 0 N–H and O–H groups in total. The maximum Gasteiger partial charge on any atom is 0.0540 e. The minimum atomic E-state index is 0.265. The summed E-state index contributed by atoms with van der Waals surface area (Å²) in [6, 6.07) is 44.1. The van der Waals surface area contributed by atoms with Crippen LogP contribution in [0.5, 0.6) is 0 Å². The van der Waals surface area contributed by atoms with Crippen molar-refractivity contribution in [1.29, 1.82) is 0 Å². The number of benzene rings is 5. The van der Waals surface area contributed by atoms with E-state index in [0.717, 1.165) is 6.42 Å². The summed E-state index contributed by atoms with van der Waals surface area (Å²) in [6.45, 7) is 2.24. The van der Waals surface area contributed by atoms with Crippen LogP contribution in [0.2, 0.25) is 0 Å². The zero-order valence-corrected chi connectivity index (χ0v) is 21.9. The van der Waals surface area contributed by atoms with Gasteiger partial charge in [0.2, 0.25) is 0 Å². The lowest BCUT2D eigenvalue weighted by atomic mass is 9.87. The number of hydrogen-bond acceptors (Lipinski definition) is 0. The smallest absolute Gasteiger partial charge is 0.0540 e. The van der Waals surface area contributed by atoms with E-state index in [1.54, 1.807) is 0 Å². The predicted molar refractivity (Wildman–Crippen MR) is 166 cm³/mol. The van der Waals surface area contributed by atoms with Gasteiger partial charge in [-0.3, -0.25) is 0 Å². The fourth-order valence-electron chi connectivity index (χ4n) is 6.70. The number of nitrogens with zero attached hydrogens (tertiary/aromatic N) is 2. The van der Waals surface area contributed by atoms with Gasteiger partial charge in [0.1, 0.15) is 0 Å². The molecule has 2 heteroatoms. The van der Waals surface area contributed by atoms with Gasteiger partial charge in [0, 0.05) is 38.9 Å². The molecule has 0 saturated carbocycles. The minimum Gasteiger partial charge on any atom is -0.313 e. The highest BCUT2D eigenvalue weighted by molar-refractivity contribution is 6.12. The van der Waals surface area contributed by atoms with Gasteiger partial charge >= 0.3 is 0 Å². The van der Waals surface area contributed by atoms with Crippen LogP contribution in [0.25, 0.3) is 55.0 Å². The SMILES string of the molecule is Cc1ccccc1C1C=C(n2c3ccccc3c3ccccc32)C=C(n2c3ccccc3c3ccccc32)C1. The number of aryl methyl sites for hydroxylation is 1. The van der Waals surface area contributed by atoms with E-state index in [4.69, 9.17) is 0 Å². The molecule has 2 nitrogen and oxygen atoms in total. The summed E-state index contributed by atoms with van der Waals surface area (Å²) < 4.78 is 4.96. The Hall–Kier alpha value is -4.82. The number of rotatable bonds is 3. The molecule has 39 heavy (non-hydrogen) atoms. The Balaban J connectivity index is 1.45. The molecule has 1 atom stereocenters. The molecule has 0 fully saturated rings. The molecule has 0 saturated heterocycles. The van der Waals surface area contributed by atoms with Gasteiger partial charge in [-0.05, 0) is 54.8 Å². The van der Waals surface area contributed by atoms with Gasteiger partial charge < -0.3 is 9.13 Å². The molecule has 7 aromatic rings. The second-order valence-electron chi connectivity index (χ2n) is 10.6. The van der Waals surface area contributed by atoms with E-state index < -0.39 is 0 Å². The van der Waals surface area contributed by atoms with Crippen molar-refractivity contribution in [2.24, 2.45) is 0 Å². The van der Waals surface area contributed by atoms with Crippen molar-refractivity contribution < 1.29 is 0 Å². The third kappa shape index (κ3) is 3.35. The van der Waals surface area contributed by atoms with Gasteiger partial charge in [-0.1, -0.05) is 103 Å². The number of hydrogen-bond donors (Lipinski definition) is 0. The van der Waals surface area contributed by atoms with Crippen LogP contribution in [-0.2, 0) is 0 Å². The minimum absolute atomic E-state index is 0.265. The molecule has 5 aromatic carbocycles. The van der Waals surface area contributed by atoms with Crippen molar-refractivity contribution in [2.75, 3.05) is 0 Å². The maximum atomic E-state index is 2.50. The summed E-state index contributed by atoms with van der Waals surface area (Å²) in [7, 11) is 0. The van der Waals surface area contributed by atoms with Gasteiger partial charge in [0.05, 0.1) is 22.1 Å². The molecule has 0 aliphatic heterocycles. The topological polar surface area (TPSA) is 9.86 Å². The van der Waals surface area contributed by atoms with Crippen LogP contribution in [0, 0.1) is 6.92 Å². The summed E-state index contributed by atoms with van der Waals surface area (Å²) >= 11 is 0. The Kier molecular flexibility index (Phi) is 4.90. The van der Waals surface area contributed by atoms with Crippen LogP contribution in [0.4, 0.5) is 0 Å². The van der Waals surface area contributed by atoms with E-state index in [9.17, 15) is 0 Å².